The van der Waals surface area contributed by atoms with Crippen molar-refractivity contribution < 1.29 is 5.11 Å². The number of allylic oxidation sites excluding steroid dienone is 2. The quantitative estimate of drug-likeness (QED) is 0.599. The molecule has 0 unspecified atom stereocenters. The van der Waals surface area contributed by atoms with E-state index in [0.29, 0.717) is 10.8 Å². The summed E-state index contributed by atoms with van der Waals surface area (Å²) in [6.45, 7) is 7.52. The van der Waals surface area contributed by atoms with Crippen molar-refractivity contribution in [2.24, 2.45) is 34.5 Å². The lowest BCUT2D eigenvalue weighted by atomic mass is 9.43. The zero-order valence-corrected chi connectivity index (χ0v) is 14.8. The first-order valence-corrected chi connectivity index (χ1v) is 9.76. The Morgan fingerprint density at radius 1 is 1.05 bits per heavy atom. The van der Waals surface area contributed by atoms with Crippen molar-refractivity contribution in [2.45, 2.75) is 84.7 Å². The lowest BCUT2D eigenvalue weighted by molar-refractivity contribution is -0.128. The van der Waals surface area contributed by atoms with Gasteiger partial charge in [0.1, 0.15) is 0 Å². The molecule has 0 heterocycles. The van der Waals surface area contributed by atoms with Crippen LogP contribution < -0.4 is 0 Å². The molecule has 3 fully saturated rings. The molecule has 0 saturated heterocycles. The van der Waals surface area contributed by atoms with E-state index in [4.69, 9.17) is 0 Å². The third-order valence-corrected chi connectivity index (χ3v) is 8.56. The van der Waals surface area contributed by atoms with E-state index in [1.165, 1.54) is 44.9 Å². The number of fused-ring (bicyclic) bond motifs is 5. The van der Waals surface area contributed by atoms with Gasteiger partial charge in [0, 0.05) is 0 Å². The third-order valence-electron chi connectivity index (χ3n) is 8.56. The number of hydrogen-bond acceptors (Lipinski definition) is 1. The van der Waals surface area contributed by atoms with Crippen LogP contribution in [0.4, 0.5) is 0 Å². The smallest absolute Gasteiger partial charge is 0.0543 e. The highest BCUT2D eigenvalue weighted by molar-refractivity contribution is 5.15. The first-order chi connectivity index (χ1) is 10.4. The Morgan fingerprint density at radius 3 is 2.68 bits per heavy atom. The SMILES string of the molecule is CC1=CC[C@H]2[C@@H]3CC[C@H]4C[C@@H](O)CC[C@]4(C)[C@H]3CC[C@]2(C)C1. The molecular formula is C21H34O. The molecule has 3 saturated carbocycles. The molecule has 0 amide bonds. The largest absolute Gasteiger partial charge is 0.393 e. The Bertz CT molecular complexity index is 480. The monoisotopic (exact) mass is 302 g/mol. The van der Waals surface area contributed by atoms with Gasteiger partial charge in [-0.3, -0.25) is 0 Å². The molecule has 0 aliphatic heterocycles. The molecule has 1 nitrogen and oxygen atoms in total. The van der Waals surface area contributed by atoms with Gasteiger partial charge in [0.05, 0.1) is 6.10 Å². The summed E-state index contributed by atoms with van der Waals surface area (Å²) in [6, 6.07) is 0. The van der Waals surface area contributed by atoms with Gasteiger partial charge >= 0.3 is 0 Å². The Hall–Kier alpha value is -0.300. The lowest BCUT2D eigenvalue weighted by Crippen LogP contribution is -2.54. The molecule has 7 atom stereocenters. The average Bonchev–Trinajstić information content (AvgIpc) is 2.46. The van der Waals surface area contributed by atoms with Crippen molar-refractivity contribution in [1.29, 1.82) is 0 Å². The Balaban J connectivity index is 1.62. The standard InChI is InChI=1S/C21H34O/c1-14-4-7-18-17-6-5-15-12-16(22)8-11-21(15,3)19(17)9-10-20(18,2)13-14/h4,15-19,22H,5-13H2,1-3H3/t15-,16-,17-,18-,19-,20+,21-/m0/s1. The van der Waals surface area contributed by atoms with Gasteiger partial charge in [0.25, 0.3) is 0 Å². The molecule has 1 N–H and O–H groups in total. The van der Waals surface area contributed by atoms with E-state index in [1.807, 2.05) is 0 Å². The second-order valence-electron chi connectivity index (χ2n) is 9.74. The normalized spacial score (nSPS) is 54.7. The van der Waals surface area contributed by atoms with Gasteiger partial charge < -0.3 is 5.11 Å². The molecule has 0 aromatic carbocycles. The minimum atomic E-state index is -0.0104. The maximum Gasteiger partial charge on any atom is 0.0543 e. The van der Waals surface area contributed by atoms with Crippen LogP contribution in [-0.2, 0) is 0 Å². The van der Waals surface area contributed by atoms with Gasteiger partial charge in [-0.2, -0.15) is 0 Å². The maximum atomic E-state index is 10.1. The van der Waals surface area contributed by atoms with E-state index in [1.54, 1.807) is 5.57 Å². The second-order valence-corrected chi connectivity index (χ2v) is 9.74. The van der Waals surface area contributed by atoms with Gasteiger partial charge in [-0.25, -0.2) is 0 Å². The molecule has 0 spiro atoms. The summed E-state index contributed by atoms with van der Waals surface area (Å²) in [6.07, 6.45) is 14.3. The van der Waals surface area contributed by atoms with Crippen LogP contribution in [-0.4, -0.2) is 11.2 Å². The van der Waals surface area contributed by atoms with E-state index in [-0.39, 0.29) is 6.10 Å². The fraction of sp³-hybridized carbons (Fsp3) is 0.905. The van der Waals surface area contributed by atoms with Crippen LogP contribution in [0.15, 0.2) is 11.6 Å². The van der Waals surface area contributed by atoms with Crippen LogP contribution in [0, 0.1) is 34.5 Å². The maximum absolute atomic E-state index is 10.1. The molecule has 0 bridgehead atoms. The highest BCUT2D eigenvalue weighted by Gasteiger charge is 2.56. The van der Waals surface area contributed by atoms with Crippen LogP contribution in [0.2, 0.25) is 0 Å². The molecule has 124 valence electrons. The van der Waals surface area contributed by atoms with Crippen molar-refractivity contribution in [3.8, 4) is 0 Å². The predicted octanol–water partition coefficient (Wildman–Crippen LogP) is 5.34. The third kappa shape index (κ3) is 2.14. The Morgan fingerprint density at radius 2 is 1.86 bits per heavy atom. The highest BCUT2D eigenvalue weighted by atomic mass is 16.3. The minimum Gasteiger partial charge on any atom is -0.393 e. The van der Waals surface area contributed by atoms with Crippen molar-refractivity contribution >= 4 is 0 Å². The van der Waals surface area contributed by atoms with Crippen LogP contribution in [0.25, 0.3) is 0 Å². The van der Waals surface area contributed by atoms with Gasteiger partial charge in [0.2, 0.25) is 0 Å². The fourth-order valence-electron chi connectivity index (χ4n) is 7.35. The Kier molecular flexibility index (Phi) is 3.53. The molecular weight excluding hydrogens is 268 g/mol. The number of aliphatic hydroxyl groups is 1. The van der Waals surface area contributed by atoms with Crippen molar-refractivity contribution in [3.05, 3.63) is 11.6 Å². The first-order valence-electron chi connectivity index (χ1n) is 9.76. The van der Waals surface area contributed by atoms with Crippen molar-refractivity contribution in [3.63, 3.8) is 0 Å². The molecule has 4 aliphatic carbocycles. The zero-order valence-electron chi connectivity index (χ0n) is 14.8. The van der Waals surface area contributed by atoms with Crippen LogP contribution in [0.3, 0.4) is 0 Å². The molecule has 0 radical (unpaired) electrons. The molecule has 4 aliphatic rings. The summed E-state index contributed by atoms with van der Waals surface area (Å²) in [5.41, 5.74) is 2.75. The molecule has 22 heavy (non-hydrogen) atoms. The van der Waals surface area contributed by atoms with Gasteiger partial charge in [0.15, 0.2) is 0 Å². The second kappa shape index (κ2) is 5.10. The van der Waals surface area contributed by atoms with Crippen molar-refractivity contribution in [2.75, 3.05) is 0 Å². The summed E-state index contributed by atoms with van der Waals surface area (Å²) in [7, 11) is 0. The van der Waals surface area contributed by atoms with Gasteiger partial charge in [-0.15, -0.1) is 0 Å². The summed E-state index contributed by atoms with van der Waals surface area (Å²) in [4.78, 5) is 0. The van der Waals surface area contributed by atoms with Gasteiger partial charge in [-0.1, -0.05) is 25.5 Å². The first kappa shape index (κ1) is 15.2. The van der Waals surface area contributed by atoms with E-state index in [2.05, 4.69) is 26.8 Å². The molecule has 1 heteroatoms. The average molecular weight is 303 g/mol. The summed E-state index contributed by atoms with van der Waals surface area (Å²) >= 11 is 0. The van der Waals surface area contributed by atoms with E-state index >= 15 is 0 Å². The summed E-state index contributed by atoms with van der Waals surface area (Å²) in [5.74, 6) is 3.62. The predicted molar refractivity (Wildman–Crippen MR) is 91.5 cm³/mol. The molecule has 0 aromatic heterocycles. The Labute approximate surface area is 136 Å². The number of aliphatic hydroxyl groups excluding tert-OH is 1. The number of rotatable bonds is 0. The van der Waals surface area contributed by atoms with Crippen LogP contribution >= 0.6 is 0 Å². The van der Waals surface area contributed by atoms with E-state index in [9.17, 15) is 5.11 Å². The lowest BCUT2D eigenvalue weighted by Gasteiger charge is -2.62. The summed E-state index contributed by atoms with van der Waals surface area (Å²) in [5, 5.41) is 10.1. The molecule has 0 aromatic rings. The zero-order chi connectivity index (χ0) is 15.5. The van der Waals surface area contributed by atoms with Gasteiger partial charge in [-0.05, 0) is 99.2 Å². The van der Waals surface area contributed by atoms with Crippen LogP contribution in [0.1, 0.15) is 78.6 Å². The van der Waals surface area contributed by atoms with E-state index < -0.39 is 0 Å². The topological polar surface area (TPSA) is 20.2 Å². The fourth-order valence-corrected chi connectivity index (χ4v) is 7.35. The number of hydrogen-bond donors (Lipinski definition) is 1. The minimum absolute atomic E-state index is 0.0104. The van der Waals surface area contributed by atoms with Crippen molar-refractivity contribution in [1.82, 2.24) is 0 Å². The summed E-state index contributed by atoms with van der Waals surface area (Å²) < 4.78 is 0. The van der Waals surface area contributed by atoms with E-state index in [0.717, 1.165) is 36.5 Å². The highest BCUT2D eigenvalue weighted by Crippen LogP contribution is 2.65. The van der Waals surface area contributed by atoms with Crippen LogP contribution in [0.5, 0.6) is 0 Å². The molecule has 4 rings (SSSR count).